The third-order valence-corrected chi connectivity index (χ3v) is 10.5. The maximum atomic E-state index is 13.6. The van der Waals surface area contributed by atoms with Gasteiger partial charge in [-0.3, -0.25) is 14.3 Å². The number of methoxy groups -OCH3 is 2. The summed E-state index contributed by atoms with van der Waals surface area (Å²) in [5.41, 5.74) is 0.827. The number of carboxylic acids is 1. The van der Waals surface area contributed by atoms with Gasteiger partial charge in [-0.2, -0.15) is 0 Å². The highest BCUT2D eigenvalue weighted by atomic mass is 31.2. The van der Waals surface area contributed by atoms with Crippen molar-refractivity contribution in [2.45, 2.75) is 83.7 Å². The molecule has 1 saturated heterocycles. The Morgan fingerprint density at radius 2 is 1.49 bits per heavy atom. The highest BCUT2D eigenvalue weighted by molar-refractivity contribution is 7.61. The Morgan fingerprint density at radius 3 is 2.04 bits per heavy atom. The molecule has 1 unspecified atom stereocenters. The first-order valence-corrected chi connectivity index (χ1v) is 17.5. The number of imide groups is 1. The molecule has 47 heavy (non-hydrogen) atoms. The molecule has 0 saturated carbocycles. The summed E-state index contributed by atoms with van der Waals surface area (Å²) in [5.74, 6) is -0.222. The van der Waals surface area contributed by atoms with Crippen LogP contribution in [0.3, 0.4) is 0 Å². The van der Waals surface area contributed by atoms with E-state index in [0.29, 0.717) is 18.0 Å². The lowest BCUT2D eigenvalue weighted by Gasteiger charge is -2.43. The van der Waals surface area contributed by atoms with E-state index in [0.717, 1.165) is 21.6 Å². The van der Waals surface area contributed by atoms with Crippen LogP contribution in [-0.2, 0) is 25.4 Å². The van der Waals surface area contributed by atoms with Crippen LogP contribution in [0.4, 0.5) is 9.59 Å². The second-order valence-electron chi connectivity index (χ2n) is 13.7. The fourth-order valence-electron chi connectivity index (χ4n) is 5.60. The van der Waals surface area contributed by atoms with Gasteiger partial charge < -0.3 is 28.9 Å². The minimum atomic E-state index is -4.15. The van der Waals surface area contributed by atoms with Crippen LogP contribution in [0.1, 0.15) is 66.4 Å². The molecule has 1 aliphatic rings. The first kappa shape index (κ1) is 37.9. The lowest BCUT2D eigenvalue weighted by atomic mass is 9.96. The van der Waals surface area contributed by atoms with Gasteiger partial charge in [-0.1, -0.05) is 36.4 Å². The summed E-state index contributed by atoms with van der Waals surface area (Å²) in [5, 5.41) is 8.53. The number of hydrogen-bond acceptors (Lipinski definition) is 9. The van der Waals surface area contributed by atoms with Gasteiger partial charge in [0.05, 0.1) is 14.2 Å². The van der Waals surface area contributed by atoms with Crippen molar-refractivity contribution >= 4 is 25.5 Å². The zero-order chi connectivity index (χ0) is 35.2. The number of carboxylic acid groups (broad SMARTS) is 1. The molecule has 13 heteroatoms. The molecule has 0 bridgehead atoms. The number of unbranched alkanes of at least 4 members (excludes halogenated alkanes) is 1. The molecule has 2 amide bonds. The van der Waals surface area contributed by atoms with Gasteiger partial charge in [0.25, 0.3) is 0 Å². The molecule has 1 aliphatic heterocycles. The monoisotopic (exact) mass is 676 g/mol. The third kappa shape index (κ3) is 9.49. The van der Waals surface area contributed by atoms with Gasteiger partial charge in [0.2, 0.25) is 7.37 Å². The van der Waals surface area contributed by atoms with Crippen molar-refractivity contribution in [3.8, 4) is 22.6 Å². The third-order valence-electron chi connectivity index (χ3n) is 7.83. The number of carbonyl (C=O) groups is 3. The summed E-state index contributed by atoms with van der Waals surface area (Å²) < 4.78 is 35.5. The zero-order valence-electron chi connectivity index (χ0n) is 28.7. The lowest BCUT2D eigenvalue weighted by molar-refractivity contribution is -0.141. The molecular formula is C34H49N2O10P. The van der Waals surface area contributed by atoms with E-state index >= 15 is 0 Å². The van der Waals surface area contributed by atoms with Crippen molar-refractivity contribution < 1.29 is 47.9 Å². The normalized spacial score (nSPS) is 20.3. The van der Waals surface area contributed by atoms with Gasteiger partial charge in [0.15, 0.2) is 16.7 Å². The molecule has 0 aliphatic carbocycles. The summed E-state index contributed by atoms with van der Waals surface area (Å²) in [6.07, 6.45) is -1.76. The Labute approximate surface area is 277 Å². The topological polar surface area (TPSA) is 152 Å². The molecule has 1 fully saturated rings. The summed E-state index contributed by atoms with van der Waals surface area (Å²) in [7, 11) is -1.03. The lowest BCUT2D eigenvalue weighted by Crippen LogP contribution is -2.54. The number of amides is 2. The number of hydrogen-bond donors (Lipinski definition) is 2. The molecule has 2 aromatic carbocycles. The van der Waals surface area contributed by atoms with E-state index in [2.05, 4.69) is 0 Å². The van der Waals surface area contributed by atoms with Gasteiger partial charge in [-0.05, 0) is 78.0 Å². The van der Waals surface area contributed by atoms with Crippen LogP contribution < -0.4 is 9.47 Å². The van der Waals surface area contributed by atoms with Crippen LogP contribution in [0.15, 0.2) is 42.5 Å². The van der Waals surface area contributed by atoms with E-state index in [-0.39, 0.29) is 45.1 Å². The summed E-state index contributed by atoms with van der Waals surface area (Å²) >= 11 is 0. The molecule has 260 valence electrons. The predicted molar refractivity (Wildman–Crippen MR) is 178 cm³/mol. The van der Waals surface area contributed by atoms with Gasteiger partial charge in [-0.15, -0.1) is 0 Å². The molecule has 0 aromatic heterocycles. The molecular weight excluding hydrogens is 627 g/mol. The summed E-state index contributed by atoms with van der Waals surface area (Å²) in [4.78, 5) is 52.4. The van der Waals surface area contributed by atoms with Gasteiger partial charge in [-0.25, -0.2) is 14.5 Å². The fourth-order valence-corrected chi connectivity index (χ4v) is 7.81. The maximum absolute atomic E-state index is 13.6. The largest absolute Gasteiger partial charge is 0.493 e. The van der Waals surface area contributed by atoms with Crippen molar-refractivity contribution in [3.63, 3.8) is 0 Å². The van der Waals surface area contributed by atoms with Crippen LogP contribution in [-0.4, -0.2) is 94.3 Å². The number of nitrogens with zero attached hydrogens (tertiary/aromatic N) is 2. The van der Waals surface area contributed by atoms with Gasteiger partial charge >= 0.3 is 18.2 Å². The average molecular weight is 677 g/mol. The Morgan fingerprint density at radius 1 is 0.894 bits per heavy atom. The minimum Gasteiger partial charge on any atom is -0.493 e. The van der Waals surface area contributed by atoms with Crippen LogP contribution in [0.25, 0.3) is 11.1 Å². The van der Waals surface area contributed by atoms with Crippen LogP contribution in [0, 0.1) is 0 Å². The molecule has 12 nitrogen and oxygen atoms in total. The first-order chi connectivity index (χ1) is 21.8. The number of carbonyl (C=O) groups excluding carboxylic acids is 2. The molecule has 3 rings (SSSR count). The molecule has 0 spiro atoms. The van der Waals surface area contributed by atoms with E-state index in [9.17, 15) is 28.9 Å². The Bertz CT molecular complexity index is 1450. The second kappa shape index (κ2) is 15.1. The smallest absolute Gasteiger partial charge is 0.419 e. The molecule has 0 radical (unpaired) electrons. The minimum absolute atomic E-state index is 0.116. The van der Waals surface area contributed by atoms with Gasteiger partial charge in [0, 0.05) is 37.9 Å². The van der Waals surface area contributed by atoms with Crippen LogP contribution >= 0.6 is 7.37 Å². The van der Waals surface area contributed by atoms with E-state index in [4.69, 9.17) is 18.9 Å². The van der Waals surface area contributed by atoms with Crippen LogP contribution in [0.5, 0.6) is 11.5 Å². The van der Waals surface area contributed by atoms with Crippen molar-refractivity contribution in [1.82, 2.24) is 9.80 Å². The van der Waals surface area contributed by atoms with Crippen LogP contribution in [0.2, 0.25) is 0 Å². The van der Waals surface area contributed by atoms with Crippen molar-refractivity contribution in [3.05, 3.63) is 48.0 Å². The quantitative estimate of drug-likeness (QED) is 0.195. The first-order valence-electron chi connectivity index (χ1n) is 15.6. The maximum Gasteiger partial charge on any atom is 0.419 e. The Balaban J connectivity index is 1.82. The van der Waals surface area contributed by atoms with E-state index < -0.39 is 41.9 Å². The van der Waals surface area contributed by atoms with E-state index in [1.807, 2.05) is 41.3 Å². The standard InChI is InChI=1S/C34H49N2O10P/c1-32(2,3)45-30(39)36(31(40)46-33(4,5)6)19-12-11-18-34(29(37)38)23-35(20-21-47(34,41)42)22-24-14-9-10-15-25(24)26-16-13-17-27(43-7)28(26)44-8/h9-10,13-17H,11-12,18-23H2,1-8H3,(H,37,38)(H,41,42)/t34-/m0/s1. The van der Waals surface area contributed by atoms with E-state index in [1.165, 1.54) is 0 Å². The second-order valence-corrected chi connectivity index (χ2v) is 16.4. The van der Waals surface area contributed by atoms with Crippen molar-refractivity contribution in [2.75, 3.05) is 40.0 Å². The number of rotatable bonds is 11. The van der Waals surface area contributed by atoms with E-state index in [1.54, 1.807) is 61.8 Å². The van der Waals surface area contributed by atoms with Crippen molar-refractivity contribution in [2.24, 2.45) is 0 Å². The fraction of sp³-hybridized carbons (Fsp3) is 0.559. The Hall–Kier alpha value is -3.60. The number of para-hydroxylation sites is 1. The SMILES string of the molecule is COc1cccc(-c2ccccc2CN2CCP(=O)(O)[C@](CCCCN(C(=O)OC(C)(C)C)C(=O)OC(C)(C)C)(C(=O)O)C2)c1OC. The number of aliphatic carboxylic acids is 1. The number of benzene rings is 2. The molecule has 1 heterocycles. The highest BCUT2D eigenvalue weighted by Crippen LogP contribution is 2.59. The molecule has 2 N–H and O–H groups in total. The Kier molecular flexibility index (Phi) is 12.2. The molecule has 2 aromatic rings. The summed E-state index contributed by atoms with van der Waals surface area (Å²) in [6, 6.07) is 13.2. The predicted octanol–water partition coefficient (Wildman–Crippen LogP) is 6.62. The average Bonchev–Trinajstić information content (AvgIpc) is 2.96. The highest BCUT2D eigenvalue weighted by Gasteiger charge is 2.56. The summed E-state index contributed by atoms with van der Waals surface area (Å²) in [6.45, 7) is 10.3. The zero-order valence-corrected chi connectivity index (χ0v) is 29.6. The van der Waals surface area contributed by atoms with Gasteiger partial charge in [0.1, 0.15) is 11.2 Å². The number of ether oxygens (including phenoxy) is 4. The molecule has 2 atom stereocenters. The van der Waals surface area contributed by atoms with Crippen molar-refractivity contribution in [1.29, 1.82) is 0 Å².